The number of aromatic nitrogens is 6. The lowest BCUT2D eigenvalue weighted by Gasteiger charge is -2.31. The maximum atomic E-state index is 4.63. The van der Waals surface area contributed by atoms with E-state index in [0.717, 1.165) is 44.0 Å². The number of likely N-dealkylation sites (tertiary alicyclic amines) is 1. The second-order valence-corrected chi connectivity index (χ2v) is 7.65. The van der Waals surface area contributed by atoms with E-state index < -0.39 is 0 Å². The molecule has 3 aromatic heterocycles. The fourth-order valence-electron chi connectivity index (χ4n) is 4.06. The highest BCUT2D eigenvalue weighted by Gasteiger charge is 2.33. The van der Waals surface area contributed by atoms with E-state index in [4.69, 9.17) is 0 Å². The van der Waals surface area contributed by atoms with Gasteiger partial charge >= 0.3 is 0 Å². The smallest absolute Gasteiger partial charge is 0.155 e. The SMILES string of the molecule is c1ccc(CN2CCC(c3nnc(Cn4cccn4)n3C3CC3)CC2)nc1. The van der Waals surface area contributed by atoms with E-state index in [0.29, 0.717) is 18.5 Å². The minimum Gasteiger partial charge on any atom is -0.310 e. The molecule has 140 valence electrons. The summed E-state index contributed by atoms with van der Waals surface area (Å²) in [6.07, 6.45) is 10.4. The van der Waals surface area contributed by atoms with Crippen LogP contribution in [-0.2, 0) is 13.1 Å². The zero-order chi connectivity index (χ0) is 18.1. The predicted molar refractivity (Wildman–Crippen MR) is 101 cm³/mol. The van der Waals surface area contributed by atoms with Crippen LogP contribution in [0.2, 0.25) is 0 Å². The Kier molecular flexibility index (Phi) is 4.45. The third kappa shape index (κ3) is 3.64. The topological polar surface area (TPSA) is 64.7 Å². The van der Waals surface area contributed by atoms with Crippen molar-refractivity contribution in [3.05, 3.63) is 60.2 Å². The molecule has 2 aliphatic rings. The van der Waals surface area contributed by atoms with Crippen LogP contribution in [-0.4, -0.2) is 47.5 Å². The number of piperidine rings is 1. The molecule has 0 bridgehead atoms. The minimum absolute atomic E-state index is 0.504. The first-order chi connectivity index (χ1) is 13.4. The fourth-order valence-corrected chi connectivity index (χ4v) is 4.06. The molecular formula is C20H25N7. The van der Waals surface area contributed by atoms with E-state index in [2.05, 4.69) is 41.9 Å². The van der Waals surface area contributed by atoms with Gasteiger partial charge in [-0.25, -0.2) is 0 Å². The summed E-state index contributed by atoms with van der Waals surface area (Å²) in [7, 11) is 0. The molecule has 1 saturated carbocycles. The van der Waals surface area contributed by atoms with Gasteiger partial charge in [0, 0.05) is 37.1 Å². The number of nitrogens with zero attached hydrogens (tertiary/aromatic N) is 7. The average molecular weight is 363 g/mol. The monoisotopic (exact) mass is 363 g/mol. The molecule has 0 amide bonds. The molecule has 2 fully saturated rings. The van der Waals surface area contributed by atoms with Crippen molar-refractivity contribution in [2.75, 3.05) is 13.1 Å². The molecule has 0 N–H and O–H groups in total. The van der Waals surface area contributed by atoms with Crippen molar-refractivity contribution in [2.45, 2.75) is 50.7 Å². The highest BCUT2D eigenvalue weighted by molar-refractivity contribution is 5.10. The van der Waals surface area contributed by atoms with Gasteiger partial charge in [0.15, 0.2) is 5.82 Å². The largest absolute Gasteiger partial charge is 0.310 e. The van der Waals surface area contributed by atoms with Crippen molar-refractivity contribution in [2.24, 2.45) is 0 Å². The lowest BCUT2D eigenvalue weighted by molar-refractivity contribution is 0.198. The van der Waals surface area contributed by atoms with Gasteiger partial charge in [0.05, 0.1) is 5.69 Å². The van der Waals surface area contributed by atoms with E-state index >= 15 is 0 Å². The third-order valence-electron chi connectivity index (χ3n) is 5.63. The van der Waals surface area contributed by atoms with Gasteiger partial charge in [-0.15, -0.1) is 10.2 Å². The summed E-state index contributed by atoms with van der Waals surface area (Å²) < 4.78 is 4.35. The summed E-state index contributed by atoms with van der Waals surface area (Å²) in [5, 5.41) is 13.5. The van der Waals surface area contributed by atoms with Crippen molar-refractivity contribution in [3.8, 4) is 0 Å². The second-order valence-electron chi connectivity index (χ2n) is 7.65. The third-order valence-corrected chi connectivity index (χ3v) is 5.63. The summed E-state index contributed by atoms with van der Waals surface area (Å²) in [4.78, 5) is 6.96. The Bertz CT molecular complexity index is 859. The van der Waals surface area contributed by atoms with Crippen LogP contribution in [0.5, 0.6) is 0 Å². The van der Waals surface area contributed by atoms with Crippen LogP contribution in [0.15, 0.2) is 42.9 Å². The minimum atomic E-state index is 0.504. The van der Waals surface area contributed by atoms with E-state index in [1.165, 1.54) is 18.7 Å². The van der Waals surface area contributed by atoms with E-state index in [1.54, 1.807) is 0 Å². The molecule has 0 aromatic carbocycles. The Hall–Kier alpha value is -2.54. The molecule has 4 heterocycles. The van der Waals surface area contributed by atoms with Crippen LogP contribution in [0.4, 0.5) is 0 Å². The Morgan fingerprint density at radius 2 is 1.81 bits per heavy atom. The van der Waals surface area contributed by atoms with Crippen molar-refractivity contribution in [1.82, 2.24) is 34.4 Å². The summed E-state index contributed by atoms with van der Waals surface area (Å²) in [6, 6.07) is 8.69. The standard InChI is InChI=1S/C20H25N7/c1-2-9-21-17(4-1)14-25-12-7-16(8-13-25)20-24-23-19(27(20)18-5-6-18)15-26-11-3-10-22-26/h1-4,9-11,16,18H,5-8,12-15H2. The number of hydrogen-bond donors (Lipinski definition) is 0. The van der Waals surface area contributed by atoms with Crippen LogP contribution < -0.4 is 0 Å². The zero-order valence-electron chi connectivity index (χ0n) is 15.5. The van der Waals surface area contributed by atoms with Gasteiger partial charge in [0.2, 0.25) is 0 Å². The van der Waals surface area contributed by atoms with Gasteiger partial charge in [-0.1, -0.05) is 6.07 Å². The number of pyridine rings is 1. The Morgan fingerprint density at radius 1 is 0.926 bits per heavy atom. The summed E-state index contributed by atoms with van der Waals surface area (Å²) >= 11 is 0. The predicted octanol–water partition coefficient (Wildman–Crippen LogP) is 2.63. The lowest BCUT2D eigenvalue weighted by atomic mass is 9.95. The Labute approximate surface area is 159 Å². The molecule has 3 aromatic rings. The van der Waals surface area contributed by atoms with Gasteiger partial charge in [0.1, 0.15) is 12.4 Å². The van der Waals surface area contributed by atoms with Crippen LogP contribution in [0.3, 0.4) is 0 Å². The van der Waals surface area contributed by atoms with Crippen LogP contribution in [0.1, 0.15) is 55.0 Å². The molecule has 1 aliphatic heterocycles. The zero-order valence-corrected chi connectivity index (χ0v) is 15.5. The van der Waals surface area contributed by atoms with Gasteiger partial charge in [-0.2, -0.15) is 5.10 Å². The molecule has 7 nitrogen and oxygen atoms in total. The molecule has 0 unspecified atom stereocenters. The van der Waals surface area contributed by atoms with Gasteiger partial charge in [0.25, 0.3) is 0 Å². The van der Waals surface area contributed by atoms with Gasteiger partial charge in [-0.3, -0.25) is 14.6 Å². The number of rotatable bonds is 6. The van der Waals surface area contributed by atoms with E-state index in [1.807, 2.05) is 35.4 Å². The maximum absolute atomic E-state index is 4.63. The van der Waals surface area contributed by atoms with Crippen LogP contribution >= 0.6 is 0 Å². The average Bonchev–Trinajstić information content (AvgIpc) is 3.25. The maximum Gasteiger partial charge on any atom is 0.155 e. The highest BCUT2D eigenvalue weighted by Crippen LogP contribution is 2.40. The quantitative estimate of drug-likeness (QED) is 0.674. The molecule has 27 heavy (non-hydrogen) atoms. The first-order valence-electron chi connectivity index (χ1n) is 9.90. The molecule has 1 saturated heterocycles. The number of hydrogen-bond acceptors (Lipinski definition) is 5. The van der Waals surface area contributed by atoms with Gasteiger partial charge < -0.3 is 4.57 Å². The molecule has 7 heteroatoms. The van der Waals surface area contributed by atoms with Crippen molar-refractivity contribution >= 4 is 0 Å². The highest BCUT2D eigenvalue weighted by atomic mass is 15.3. The van der Waals surface area contributed by atoms with Crippen molar-refractivity contribution in [1.29, 1.82) is 0 Å². The molecule has 5 rings (SSSR count). The molecule has 0 atom stereocenters. The molecular weight excluding hydrogens is 338 g/mol. The molecule has 0 radical (unpaired) electrons. The van der Waals surface area contributed by atoms with E-state index in [9.17, 15) is 0 Å². The fraction of sp³-hybridized carbons (Fsp3) is 0.500. The van der Waals surface area contributed by atoms with Crippen LogP contribution in [0, 0.1) is 0 Å². The summed E-state index contributed by atoms with van der Waals surface area (Å²) in [5.74, 6) is 2.74. The first kappa shape index (κ1) is 16.6. The summed E-state index contributed by atoms with van der Waals surface area (Å²) in [6.45, 7) is 3.82. The van der Waals surface area contributed by atoms with Crippen molar-refractivity contribution in [3.63, 3.8) is 0 Å². The molecule has 0 spiro atoms. The normalized spacial score (nSPS) is 18.8. The first-order valence-corrected chi connectivity index (χ1v) is 9.90. The Morgan fingerprint density at radius 3 is 2.52 bits per heavy atom. The Balaban J connectivity index is 1.27. The molecule has 1 aliphatic carbocycles. The van der Waals surface area contributed by atoms with Crippen LogP contribution in [0.25, 0.3) is 0 Å². The van der Waals surface area contributed by atoms with E-state index in [-0.39, 0.29) is 0 Å². The lowest BCUT2D eigenvalue weighted by Crippen LogP contribution is -2.33. The van der Waals surface area contributed by atoms with Crippen molar-refractivity contribution < 1.29 is 0 Å². The second kappa shape index (κ2) is 7.23. The summed E-state index contributed by atoms with van der Waals surface area (Å²) in [5.41, 5.74) is 1.15. The van der Waals surface area contributed by atoms with Gasteiger partial charge in [-0.05, 0) is 57.0 Å².